The molecule has 1 unspecified atom stereocenters. The lowest BCUT2D eigenvalue weighted by Gasteiger charge is -2.20. The smallest absolute Gasteiger partial charge is 0.237 e. The Morgan fingerprint density at radius 3 is 2.45 bits per heavy atom. The molecule has 108 valence electrons. The Bertz CT molecular complexity index is 526. The van der Waals surface area contributed by atoms with Crippen LogP contribution in [0.1, 0.15) is 26.5 Å². The van der Waals surface area contributed by atoms with Gasteiger partial charge in [0.15, 0.2) is 0 Å². The molecule has 0 fully saturated rings. The zero-order valence-corrected chi connectivity index (χ0v) is 13.1. The van der Waals surface area contributed by atoms with Gasteiger partial charge in [-0.15, -0.1) is 11.8 Å². The van der Waals surface area contributed by atoms with E-state index in [1.165, 1.54) is 0 Å². The Kier molecular flexibility index (Phi) is 6.87. The van der Waals surface area contributed by atoms with Gasteiger partial charge in [0.2, 0.25) is 5.91 Å². The number of para-hydroxylation sites is 1. The Labute approximate surface area is 124 Å². The first-order chi connectivity index (χ1) is 9.66. The molecule has 0 saturated carbocycles. The first-order valence-electron chi connectivity index (χ1n) is 6.69. The number of nitrogens with zero attached hydrogens (tertiary/aromatic N) is 1. The highest BCUT2D eigenvalue weighted by Gasteiger charge is 2.21. The zero-order chi connectivity index (χ0) is 15.0. The van der Waals surface area contributed by atoms with Crippen molar-refractivity contribution in [2.45, 2.75) is 37.8 Å². The number of amides is 1. The lowest BCUT2D eigenvalue weighted by Crippen LogP contribution is -2.26. The van der Waals surface area contributed by atoms with Gasteiger partial charge < -0.3 is 5.32 Å². The van der Waals surface area contributed by atoms with E-state index in [0.717, 1.165) is 16.3 Å². The minimum Gasteiger partial charge on any atom is -0.324 e. The summed E-state index contributed by atoms with van der Waals surface area (Å²) in [6.45, 7) is 7.88. The first-order valence-corrected chi connectivity index (χ1v) is 7.57. The van der Waals surface area contributed by atoms with Crippen LogP contribution in [0.25, 0.3) is 0 Å². The van der Waals surface area contributed by atoms with Crippen LogP contribution in [0.3, 0.4) is 0 Å². The van der Waals surface area contributed by atoms with Crippen molar-refractivity contribution in [3.05, 3.63) is 42.2 Å². The minimum atomic E-state index is 0.0277. The zero-order valence-electron chi connectivity index (χ0n) is 12.3. The van der Waals surface area contributed by atoms with Gasteiger partial charge in [-0.3, -0.25) is 9.89 Å². The fourth-order valence-corrected chi connectivity index (χ4v) is 2.43. The van der Waals surface area contributed by atoms with Gasteiger partial charge in [0.25, 0.3) is 0 Å². The van der Waals surface area contributed by atoms with E-state index in [-0.39, 0.29) is 11.2 Å². The van der Waals surface area contributed by atoms with Crippen LogP contribution in [0.4, 0.5) is 5.69 Å². The number of hydrogen-bond acceptors (Lipinski definition) is 3. The van der Waals surface area contributed by atoms with E-state index in [1.54, 1.807) is 18.0 Å². The normalized spacial score (nSPS) is 15.8. The third kappa shape index (κ3) is 4.74. The van der Waals surface area contributed by atoms with Crippen LogP contribution in [-0.4, -0.2) is 21.4 Å². The second-order valence-corrected chi connectivity index (χ2v) is 5.37. The number of H-pyrrole nitrogens is 1. The third-order valence-corrected chi connectivity index (χ3v) is 3.64. The van der Waals surface area contributed by atoms with Crippen molar-refractivity contribution in [3.63, 3.8) is 0 Å². The standard InChI is InChI=1S/C9H9NOS.C4H6N2.C2H6/c1-6-9(11)10-7-4-2-3-5-8(7)12-6;1-4-2-3-5-6-4;1-2/h2-6H,1H3,(H,10,11);2-3H,1H3,(H,5,6);1-2H3. The maximum atomic E-state index is 11.2. The SMILES string of the molecule is CC.CC1Sc2ccccc2NC1=O.Cc1ccn[nH]1. The molecule has 1 aliphatic rings. The number of carbonyl (C=O) groups excluding carboxylic acids is 1. The molecule has 3 rings (SSSR count). The predicted molar refractivity (Wildman–Crippen MR) is 85.1 cm³/mol. The molecular weight excluding hydrogens is 270 g/mol. The summed E-state index contributed by atoms with van der Waals surface area (Å²) in [6.07, 6.45) is 1.73. The predicted octanol–water partition coefficient (Wildman–Crippen LogP) is 3.86. The van der Waals surface area contributed by atoms with Crippen molar-refractivity contribution in [1.82, 2.24) is 10.2 Å². The lowest BCUT2D eigenvalue weighted by atomic mass is 10.3. The van der Waals surface area contributed by atoms with Crippen LogP contribution in [0.2, 0.25) is 0 Å². The molecule has 20 heavy (non-hydrogen) atoms. The summed E-state index contributed by atoms with van der Waals surface area (Å²) in [4.78, 5) is 12.4. The number of aromatic amines is 1. The summed E-state index contributed by atoms with van der Waals surface area (Å²) < 4.78 is 0. The molecule has 5 heteroatoms. The van der Waals surface area contributed by atoms with Gasteiger partial charge in [0.1, 0.15) is 0 Å². The monoisotopic (exact) mass is 291 g/mol. The fourth-order valence-electron chi connectivity index (χ4n) is 1.48. The van der Waals surface area contributed by atoms with E-state index >= 15 is 0 Å². The average molecular weight is 291 g/mol. The molecule has 1 aromatic heterocycles. The number of thioether (sulfide) groups is 1. The largest absolute Gasteiger partial charge is 0.324 e. The summed E-state index contributed by atoms with van der Waals surface area (Å²) >= 11 is 1.61. The van der Waals surface area contributed by atoms with E-state index < -0.39 is 0 Å². The summed E-state index contributed by atoms with van der Waals surface area (Å²) in [5.74, 6) is 0.0960. The van der Waals surface area contributed by atoms with E-state index in [4.69, 9.17) is 0 Å². The number of carbonyl (C=O) groups is 1. The highest BCUT2D eigenvalue weighted by molar-refractivity contribution is 8.00. The Morgan fingerprint density at radius 2 is 1.90 bits per heavy atom. The molecule has 0 bridgehead atoms. The average Bonchev–Trinajstić information content (AvgIpc) is 2.94. The molecule has 2 heterocycles. The molecule has 1 aromatic carbocycles. The quantitative estimate of drug-likeness (QED) is 0.775. The number of benzene rings is 1. The molecular formula is C15H21N3OS. The van der Waals surface area contributed by atoms with Gasteiger partial charge in [-0.2, -0.15) is 5.10 Å². The second kappa shape index (κ2) is 8.43. The molecule has 1 amide bonds. The van der Waals surface area contributed by atoms with Gasteiger partial charge in [0, 0.05) is 16.8 Å². The number of fused-ring (bicyclic) bond motifs is 1. The fraction of sp³-hybridized carbons (Fsp3) is 0.333. The molecule has 2 N–H and O–H groups in total. The van der Waals surface area contributed by atoms with E-state index in [1.807, 2.05) is 58.0 Å². The Balaban J connectivity index is 0.000000211. The Morgan fingerprint density at radius 1 is 1.20 bits per heavy atom. The van der Waals surface area contributed by atoms with Crippen molar-refractivity contribution in [2.24, 2.45) is 0 Å². The first kappa shape index (κ1) is 16.3. The van der Waals surface area contributed by atoms with Crippen LogP contribution in [-0.2, 0) is 4.79 Å². The van der Waals surface area contributed by atoms with Crippen molar-refractivity contribution < 1.29 is 4.79 Å². The molecule has 1 aliphatic heterocycles. The van der Waals surface area contributed by atoms with Crippen molar-refractivity contribution in [1.29, 1.82) is 0 Å². The van der Waals surface area contributed by atoms with Crippen molar-refractivity contribution >= 4 is 23.4 Å². The molecule has 0 radical (unpaired) electrons. The number of aryl methyl sites for hydroxylation is 1. The number of nitrogens with one attached hydrogen (secondary N) is 2. The number of rotatable bonds is 0. The van der Waals surface area contributed by atoms with Gasteiger partial charge in [-0.05, 0) is 32.0 Å². The Hall–Kier alpha value is -1.75. The lowest BCUT2D eigenvalue weighted by molar-refractivity contribution is -0.115. The van der Waals surface area contributed by atoms with Gasteiger partial charge >= 0.3 is 0 Å². The van der Waals surface area contributed by atoms with E-state index in [9.17, 15) is 4.79 Å². The molecule has 2 aromatic rings. The molecule has 1 atom stereocenters. The van der Waals surface area contributed by atoms with Gasteiger partial charge in [-0.25, -0.2) is 0 Å². The van der Waals surface area contributed by atoms with Crippen LogP contribution < -0.4 is 5.32 Å². The molecule has 0 aliphatic carbocycles. The van der Waals surface area contributed by atoms with Crippen LogP contribution in [0, 0.1) is 6.92 Å². The third-order valence-electron chi connectivity index (χ3n) is 2.46. The molecule has 0 spiro atoms. The summed E-state index contributed by atoms with van der Waals surface area (Å²) in [5.41, 5.74) is 2.04. The van der Waals surface area contributed by atoms with Crippen LogP contribution in [0.15, 0.2) is 41.4 Å². The number of hydrogen-bond donors (Lipinski definition) is 2. The highest BCUT2D eigenvalue weighted by Crippen LogP contribution is 2.34. The highest BCUT2D eigenvalue weighted by atomic mass is 32.2. The maximum Gasteiger partial charge on any atom is 0.237 e. The maximum absolute atomic E-state index is 11.2. The second-order valence-electron chi connectivity index (χ2n) is 3.99. The molecule has 4 nitrogen and oxygen atoms in total. The number of anilines is 1. The van der Waals surface area contributed by atoms with Crippen LogP contribution >= 0.6 is 11.8 Å². The summed E-state index contributed by atoms with van der Waals surface area (Å²) in [6, 6.07) is 9.77. The van der Waals surface area contributed by atoms with E-state index in [2.05, 4.69) is 15.5 Å². The van der Waals surface area contributed by atoms with Crippen molar-refractivity contribution in [3.8, 4) is 0 Å². The molecule has 0 saturated heterocycles. The summed E-state index contributed by atoms with van der Waals surface area (Å²) in [5, 5.41) is 9.32. The summed E-state index contributed by atoms with van der Waals surface area (Å²) in [7, 11) is 0. The van der Waals surface area contributed by atoms with Crippen LogP contribution in [0.5, 0.6) is 0 Å². The number of aromatic nitrogens is 2. The van der Waals surface area contributed by atoms with Gasteiger partial charge in [-0.1, -0.05) is 26.0 Å². The minimum absolute atomic E-state index is 0.0277. The van der Waals surface area contributed by atoms with Crippen molar-refractivity contribution in [2.75, 3.05) is 5.32 Å². The topological polar surface area (TPSA) is 57.8 Å². The van der Waals surface area contributed by atoms with Gasteiger partial charge in [0.05, 0.1) is 10.9 Å². The van der Waals surface area contributed by atoms with E-state index in [0.29, 0.717) is 0 Å².